The Kier molecular flexibility index (Phi) is 6.69. The number of hydrogen-bond donors (Lipinski definition) is 1. The zero-order valence-corrected chi connectivity index (χ0v) is 25.1. The minimum Gasteiger partial charge on any atom is -0.457 e. The van der Waals surface area contributed by atoms with Gasteiger partial charge < -0.3 is 25.0 Å². The van der Waals surface area contributed by atoms with E-state index < -0.39 is 5.60 Å². The van der Waals surface area contributed by atoms with Crippen LogP contribution in [0.4, 0.5) is 16.6 Å². The molecule has 224 valence electrons. The number of nitrogens with two attached hydrogens (primary N) is 1. The minimum absolute atomic E-state index is 0.203. The van der Waals surface area contributed by atoms with Crippen molar-refractivity contribution in [2.24, 2.45) is 5.41 Å². The van der Waals surface area contributed by atoms with Crippen molar-refractivity contribution in [2.75, 3.05) is 49.9 Å². The van der Waals surface area contributed by atoms with Gasteiger partial charge in [0.05, 0.1) is 0 Å². The van der Waals surface area contributed by atoms with Gasteiger partial charge in [0.25, 0.3) is 0 Å². The first-order chi connectivity index (χ1) is 20.7. The van der Waals surface area contributed by atoms with Crippen molar-refractivity contribution in [2.45, 2.75) is 45.3 Å². The van der Waals surface area contributed by atoms with Crippen molar-refractivity contribution in [3.05, 3.63) is 67.0 Å². The lowest BCUT2D eigenvalue weighted by Crippen LogP contribution is -2.70. The summed E-state index contributed by atoms with van der Waals surface area (Å²) in [5, 5.41) is 0. The van der Waals surface area contributed by atoms with Gasteiger partial charge in [-0.2, -0.15) is 0 Å². The van der Waals surface area contributed by atoms with Gasteiger partial charge in [0.1, 0.15) is 34.1 Å². The second-order valence-electron chi connectivity index (χ2n) is 13.2. The van der Waals surface area contributed by atoms with E-state index in [1.165, 1.54) is 0 Å². The third kappa shape index (κ3) is 5.35. The molecule has 0 aliphatic carbocycles. The van der Waals surface area contributed by atoms with E-state index in [0.717, 1.165) is 86.3 Å². The van der Waals surface area contributed by atoms with Crippen LogP contribution in [0, 0.1) is 5.41 Å². The van der Waals surface area contributed by atoms with Gasteiger partial charge >= 0.3 is 6.09 Å². The van der Waals surface area contributed by atoms with Crippen LogP contribution in [0.2, 0.25) is 0 Å². The fourth-order valence-corrected chi connectivity index (χ4v) is 6.51. The fourth-order valence-electron chi connectivity index (χ4n) is 6.51. The summed E-state index contributed by atoms with van der Waals surface area (Å²) in [6.07, 6.45) is 5.71. The summed E-state index contributed by atoms with van der Waals surface area (Å²) < 4.78 is 13.6. The molecule has 2 aromatic heterocycles. The molecule has 0 atom stereocenters. The number of fused-ring (bicyclic) bond motifs is 1. The summed E-state index contributed by atoms with van der Waals surface area (Å²) >= 11 is 0. The van der Waals surface area contributed by atoms with E-state index in [4.69, 9.17) is 20.2 Å². The Morgan fingerprint density at radius 3 is 2.33 bits per heavy atom. The molecule has 10 nitrogen and oxygen atoms in total. The lowest BCUT2D eigenvalue weighted by molar-refractivity contribution is -0.0909. The van der Waals surface area contributed by atoms with Crippen molar-refractivity contribution in [3.8, 4) is 22.8 Å². The van der Waals surface area contributed by atoms with Gasteiger partial charge in [0, 0.05) is 63.3 Å². The van der Waals surface area contributed by atoms with E-state index in [1.807, 2.05) is 86.5 Å². The van der Waals surface area contributed by atoms with Gasteiger partial charge in [-0.1, -0.05) is 18.2 Å². The molecule has 3 saturated heterocycles. The van der Waals surface area contributed by atoms with E-state index in [-0.39, 0.29) is 6.09 Å². The third-order valence-corrected chi connectivity index (χ3v) is 8.89. The summed E-state index contributed by atoms with van der Waals surface area (Å²) in [5.74, 6) is 2.93. The number of aromatic nitrogens is 3. The molecule has 0 unspecified atom stereocenters. The van der Waals surface area contributed by atoms with Gasteiger partial charge in [-0.25, -0.2) is 14.8 Å². The molecule has 0 radical (unpaired) electrons. The number of imidazole rings is 1. The van der Waals surface area contributed by atoms with Crippen LogP contribution in [0.3, 0.4) is 0 Å². The number of ether oxygens (including phenoxy) is 2. The maximum absolute atomic E-state index is 12.3. The largest absolute Gasteiger partial charge is 0.457 e. The molecule has 3 aliphatic heterocycles. The molecule has 10 heteroatoms. The van der Waals surface area contributed by atoms with Crippen molar-refractivity contribution < 1.29 is 14.3 Å². The molecule has 1 amide bonds. The van der Waals surface area contributed by atoms with Crippen LogP contribution in [0.1, 0.15) is 33.6 Å². The Hall–Kier alpha value is -4.31. The Morgan fingerprint density at radius 1 is 0.977 bits per heavy atom. The number of nitrogen functional groups attached to an aromatic ring is 1. The average Bonchev–Trinajstić information content (AvgIpc) is 3.33. The van der Waals surface area contributed by atoms with Crippen molar-refractivity contribution in [3.63, 3.8) is 0 Å². The number of piperidine rings is 1. The van der Waals surface area contributed by atoms with Crippen LogP contribution >= 0.6 is 0 Å². The summed E-state index contributed by atoms with van der Waals surface area (Å²) in [6.45, 7) is 11.3. The number of carbonyl (C=O) groups is 1. The van der Waals surface area contributed by atoms with Gasteiger partial charge in [-0.15, -0.1) is 0 Å². The SMILES string of the molecule is CC(C)(C)OC(=O)N1CC(N2CC3(CCN(c4nc(-c5ccc(Oc6ccccc6)cc5)c5c(N)nccn45)CC3)C2)C1. The molecule has 3 aliphatic rings. The van der Waals surface area contributed by atoms with E-state index in [1.54, 1.807) is 6.20 Å². The highest BCUT2D eigenvalue weighted by atomic mass is 16.6. The fraction of sp³-hybridized carbons (Fsp3) is 0.424. The van der Waals surface area contributed by atoms with Crippen molar-refractivity contribution >= 4 is 23.4 Å². The quantitative estimate of drug-likeness (QED) is 0.339. The molecule has 4 aromatic rings. The normalized spacial score (nSPS) is 18.9. The van der Waals surface area contributed by atoms with Crippen LogP contribution in [-0.2, 0) is 4.74 Å². The molecule has 3 fully saturated rings. The minimum atomic E-state index is -0.456. The molecule has 0 saturated carbocycles. The van der Waals surface area contributed by atoms with E-state index in [0.29, 0.717) is 17.3 Å². The van der Waals surface area contributed by atoms with Crippen molar-refractivity contribution in [1.82, 2.24) is 24.2 Å². The number of nitrogens with zero attached hydrogens (tertiary/aromatic N) is 6. The Bertz CT molecular complexity index is 1610. The second kappa shape index (κ2) is 10.4. The predicted octanol–water partition coefficient (Wildman–Crippen LogP) is 5.29. The maximum atomic E-state index is 12.3. The first kappa shape index (κ1) is 27.5. The number of para-hydroxylation sites is 1. The molecule has 7 rings (SSSR count). The Labute approximate surface area is 252 Å². The van der Waals surface area contributed by atoms with Gasteiger partial charge in [-0.3, -0.25) is 9.30 Å². The maximum Gasteiger partial charge on any atom is 0.410 e. The Balaban J connectivity index is 1.01. The van der Waals surface area contributed by atoms with E-state index >= 15 is 0 Å². The molecule has 5 heterocycles. The van der Waals surface area contributed by atoms with E-state index in [2.05, 4.69) is 19.2 Å². The van der Waals surface area contributed by atoms with Crippen LogP contribution in [0.5, 0.6) is 11.5 Å². The number of hydrogen-bond acceptors (Lipinski definition) is 8. The lowest BCUT2D eigenvalue weighted by atomic mass is 9.71. The number of rotatable bonds is 5. The summed E-state index contributed by atoms with van der Waals surface area (Å²) in [5.41, 5.74) is 8.91. The first-order valence-corrected chi connectivity index (χ1v) is 15.1. The molecule has 2 aromatic carbocycles. The number of carbonyl (C=O) groups excluding carboxylic acids is 1. The molecule has 0 bridgehead atoms. The third-order valence-electron chi connectivity index (χ3n) is 8.89. The molecular weight excluding hydrogens is 542 g/mol. The zero-order valence-electron chi connectivity index (χ0n) is 25.1. The molecule has 1 spiro atoms. The predicted molar refractivity (Wildman–Crippen MR) is 166 cm³/mol. The molecular formula is C33H39N7O3. The zero-order chi connectivity index (χ0) is 29.8. The number of likely N-dealkylation sites (tertiary alicyclic amines) is 2. The topological polar surface area (TPSA) is 101 Å². The first-order valence-electron chi connectivity index (χ1n) is 15.1. The highest BCUT2D eigenvalue weighted by molar-refractivity contribution is 5.87. The summed E-state index contributed by atoms with van der Waals surface area (Å²) in [6, 6.07) is 18.2. The highest BCUT2D eigenvalue weighted by Crippen LogP contribution is 2.44. The molecule has 43 heavy (non-hydrogen) atoms. The monoisotopic (exact) mass is 581 g/mol. The average molecular weight is 582 g/mol. The van der Waals surface area contributed by atoms with Gasteiger partial charge in [-0.05, 0) is 75.4 Å². The summed E-state index contributed by atoms with van der Waals surface area (Å²) in [4.78, 5) is 28.6. The van der Waals surface area contributed by atoms with Crippen LogP contribution in [0.15, 0.2) is 67.0 Å². The lowest BCUT2D eigenvalue weighted by Gasteiger charge is -2.59. The Morgan fingerprint density at radius 2 is 1.65 bits per heavy atom. The van der Waals surface area contributed by atoms with Crippen molar-refractivity contribution in [1.29, 1.82) is 0 Å². The smallest absolute Gasteiger partial charge is 0.410 e. The molecule has 2 N–H and O–H groups in total. The standard InChI is InChI=1S/C33H39N7O3/c1-32(2,3)43-31(41)38-19-24(20-38)39-21-33(22-39)13-16-37(17-14-33)30-36-27(28-29(34)35-15-18-40(28)30)23-9-11-26(12-10-23)42-25-7-5-4-6-8-25/h4-12,15,18,24H,13-14,16-17,19-22H2,1-3H3,(H2,34,35). The summed E-state index contributed by atoms with van der Waals surface area (Å²) in [7, 11) is 0. The van der Waals surface area contributed by atoms with E-state index in [9.17, 15) is 4.79 Å². The van der Waals surface area contributed by atoms with Crippen LogP contribution in [0.25, 0.3) is 16.8 Å². The second-order valence-corrected chi connectivity index (χ2v) is 13.2. The highest BCUT2D eigenvalue weighted by Gasteiger charge is 2.50. The van der Waals surface area contributed by atoms with Gasteiger partial charge in [0.2, 0.25) is 5.95 Å². The number of benzene rings is 2. The van der Waals surface area contributed by atoms with Crippen LogP contribution in [-0.4, -0.2) is 81.2 Å². The van der Waals surface area contributed by atoms with Crippen LogP contribution < -0.4 is 15.4 Å². The number of anilines is 2. The number of amides is 1. The van der Waals surface area contributed by atoms with Gasteiger partial charge in [0.15, 0.2) is 0 Å².